The van der Waals surface area contributed by atoms with E-state index in [1.807, 2.05) is 0 Å². The molecule has 0 rings (SSSR count). The molecule has 0 heterocycles. The third-order valence-electron chi connectivity index (χ3n) is 13.3. The van der Waals surface area contributed by atoms with Gasteiger partial charge in [0.05, 0.1) is 0 Å². The topological polar surface area (TPSA) is 78.9 Å². The molecule has 68 heavy (non-hydrogen) atoms. The third kappa shape index (κ3) is 54.6. The first-order chi connectivity index (χ1) is 33.5. The summed E-state index contributed by atoms with van der Waals surface area (Å²) in [5.74, 6) is -0.879. The summed E-state index contributed by atoms with van der Waals surface area (Å²) in [4.78, 5) is 38.2. The van der Waals surface area contributed by atoms with Gasteiger partial charge in [-0.2, -0.15) is 0 Å². The molecule has 0 amide bonds. The molecule has 6 heteroatoms. The summed E-state index contributed by atoms with van der Waals surface area (Å²) in [6, 6.07) is 0. The summed E-state index contributed by atoms with van der Waals surface area (Å²) in [7, 11) is 0. The van der Waals surface area contributed by atoms with Gasteiger partial charge in [0.2, 0.25) is 0 Å². The molecule has 398 valence electrons. The number of unbranched alkanes of at least 4 members (excludes halogenated alkanes) is 38. The highest BCUT2D eigenvalue weighted by molar-refractivity contribution is 5.71. The second-order valence-electron chi connectivity index (χ2n) is 20.2. The number of rotatable bonds is 55. The lowest BCUT2D eigenvalue weighted by Crippen LogP contribution is -2.30. The highest BCUT2D eigenvalue weighted by Gasteiger charge is 2.19. The lowest BCUT2D eigenvalue weighted by molar-refractivity contribution is -0.167. The van der Waals surface area contributed by atoms with E-state index in [9.17, 15) is 14.4 Å². The van der Waals surface area contributed by atoms with Crippen LogP contribution in [0.15, 0.2) is 36.5 Å². The zero-order valence-electron chi connectivity index (χ0n) is 45.6. The van der Waals surface area contributed by atoms with E-state index in [2.05, 4.69) is 57.2 Å². The molecule has 1 atom stereocenters. The summed E-state index contributed by atoms with van der Waals surface area (Å²) >= 11 is 0. The van der Waals surface area contributed by atoms with Crippen molar-refractivity contribution in [2.45, 2.75) is 329 Å². The van der Waals surface area contributed by atoms with Crippen molar-refractivity contribution in [1.82, 2.24) is 0 Å². The van der Waals surface area contributed by atoms with E-state index in [4.69, 9.17) is 14.2 Å². The molecule has 0 saturated carbocycles. The zero-order valence-corrected chi connectivity index (χ0v) is 45.6. The Bertz CT molecular complexity index is 1140. The maximum atomic E-state index is 12.9. The van der Waals surface area contributed by atoms with Crippen LogP contribution in [0.5, 0.6) is 0 Å². The molecular weight excluding hydrogens is 841 g/mol. The Morgan fingerprint density at radius 1 is 0.279 bits per heavy atom. The number of carbonyl (C=O) groups excluding carboxylic acids is 3. The van der Waals surface area contributed by atoms with Crippen LogP contribution < -0.4 is 0 Å². The van der Waals surface area contributed by atoms with E-state index in [-0.39, 0.29) is 31.1 Å². The van der Waals surface area contributed by atoms with Crippen molar-refractivity contribution in [2.75, 3.05) is 13.2 Å². The summed E-state index contributed by atoms with van der Waals surface area (Å²) in [6.07, 6.45) is 68.5. The van der Waals surface area contributed by atoms with Gasteiger partial charge in [0.1, 0.15) is 13.2 Å². The molecule has 0 bridgehead atoms. The molecule has 0 aromatic heterocycles. The van der Waals surface area contributed by atoms with Gasteiger partial charge in [0.25, 0.3) is 0 Å². The van der Waals surface area contributed by atoms with Gasteiger partial charge in [-0.25, -0.2) is 0 Å². The second-order valence-corrected chi connectivity index (χ2v) is 20.2. The first-order valence-electron chi connectivity index (χ1n) is 30.0. The highest BCUT2D eigenvalue weighted by atomic mass is 16.6. The van der Waals surface area contributed by atoms with Crippen molar-refractivity contribution in [3.63, 3.8) is 0 Å². The Hall–Kier alpha value is -2.37. The van der Waals surface area contributed by atoms with Gasteiger partial charge in [0.15, 0.2) is 6.10 Å². The van der Waals surface area contributed by atoms with Crippen molar-refractivity contribution in [3.05, 3.63) is 36.5 Å². The minimum Gasteiger partial charge on any atom is -0.462 e. The van der Waals surface area contributed by atoms with Crippen molar-refractivity contribution in [1.29, 1.82) is 0 Å². The molecule has 0 aliphatic heterocycles. The van der Waals surface area contributed by atoms with Crippen LogP contribution in [0.3, 0.4) is 0 Å². The Morgan fingerprint density at radius 3 is 0.735 bits per heavy atom. The molecular formula is C62H114O6. The first-order valence-corrected chi connectivity index (χ1v) is 30.0. The normalized spacial score (nSPS) is 12.2. The minimum absolute atomic E-state index is 0.0768. The van der Waals surface area contributed by atoms with Crippen LogP contribution >= 0.6 is 0 Å². The fraction of sp³-hybridized carbons (Fsp3) is 0.855. The molecule has 0 spiro atoms. The highest BCUT2D eigenvalue weighted by Crippen LogP contribution is 2.16. The molecule has 0 fully saturated rings. The Labute approximate surface area is 423 Å². The van der Waals surface area contributed by atoms with Crippen LogP contribution in [0.1, 0.15) is 323 Å². The van der Waals surface area contributed by atoms with Crippen LogP contribution in [0.2, 0.25) is 0 Å². The molecule has 0 radical (unpaired) electrons. The van der Waals surface area contributed by atoms with Crippen LogP contribution in [0, 0.1) is 0 Å². The van der Waals surface area contributed by atoms with Gasteiger partial charge in [-0.15, -0.1) is 0 Å². The van der Waals surface area contributed by atoms with Gasteiger partial charge in [-0.05, 0) is 96.3 Å². The van der Waals surface area contributed by atoms with E-state index in [0.717, 1.165) is 70.6 Å². The average molecular weight is 956 g/mol. The van der Waals surface area contributed by atoms with Crippen molar-refractivity contribution in [2.24, 2.45) is 0 Å². The number of hydrogen-bond acceptors (Lipinski definition) is 6. The van der Waals surface area contributed by atoms with Gasteiger partial charge in [0, 0.05) is 19.3 Å². The Morgan fingerprint density at radius 2 is 0.485 bits per heavy atom. The summed E-state index contributed by atoms with van der Waals surface area (Å²) < 4.78 is 16.9. The largest absolute Gasteiger partial charge is 0.462 e. The van der Waals surface area contributed by atoms with Gasteiger partial charge < -0.3 is 14.2 Å². The van der Waals surface area contributed by atoms with Crippen LogP contribution in [0.25, 0.3) is 0 Å². The maximum Gasteiger partial charge on any atom is 0.306 e. The lowest BCUT2D eigenvalue weighted by Gasteiger charge is -2.18. The summed E-state index contributed by atoms with van der Waals surface area (Å²) in [5.41, 5.74) is 0. The van der Waals surface area contributed by atoms with Crippen molar-refractivity contribution < 1.29 is 28.6 Å². The average Bonchev–Trinajstić information content (AvgIpc) is 3.34. The maximum absolute atomic E-state index is 12.9. The first kappa shape index (κ1) is 65.6. The number of carbonyl (C=O) groups is 3. The van der Waals surface area contributed by atoms with Gasteiger partial charge >= 0.3 is 17.9 Å². The Kier molecular flexibility index (Phi) is 55.2. The second kappa shape index (κ2) is 57.2. The monoisotopic (exact) mass is 955 g/mol. The van der Waals surface area contributed by atoms with Crippen LogP contribution in [-0.2, 0) is 28.6 Å². The van der Waals surface area contributed by atoms with Gasteiger partial charge in [-0.3, -0.25) is 14.4 Å². The third-order valence-corrected chi connectivity index (χ3v) is 13.3. The van der Waals surface area contributed by atoms with Crippen LogP contribution in [0.4, 0.5) is 0 Å². The zero-order chi connectivity index (χ0) is 49.3. The fourth-order valence-corrected chi connectivity index (χ4v) is 8.78. The molecule has 0 aliphatic rings. The van der Waals surface area contributed by atoms with Gasteiger partial charge in [-0.1, -0.05) is 243 Å². The van der Waals surface area contributed by atoms with E-state index in [1.165, 1.54) is 212 Å². The quantitative estimate of drug-likeness (QED) is 0.0262. The minimum atomic E-state index is -0.779. The fourth-order valence-electron chi connectivity index (χ4n) is 8.78. The summed E-state index contributed by atoms with van der Waals surface area (Å²) in [5, 5.41) is 0. The SMILES string of the molecule is CCCCCCC/C=C\CCCCCCCC(=O)OCC(COC(=O)CCCCCCCCCCC/C=C\CCCCCCCCCC)OC(=O)CCCCCCC/C=C\CCCCCCCC. The molecule has 0 saturated heterocycles. The van der Waals surface area contributed by atoms with Crippen LogP contribution in [-0.4, -0.2) is 37.2 Å². The van der Waals surface area contributed by atoms with E-state index < -0.39 is 6.10 Å². The number of ether oxygens (including phenoxy) is 3. The van der Waals surface area contributed by atoms with E-state index >= 15 is 0 Å². The number of esters is 3. The molecule has 0 aromatic carbocycles. The standard InChI is InChI=1S/C62H114O6/c1-4-7-10-13-16-19-22-25-28-29-30-31-32-33-35-37-40-43-46-49-52-55-61(64)67-58-59(57-66-60(63)54-51-48-45-42-39-36-27-24-21-18-15-12-9-6-3)68-62(65)56-53-50-47-44-41-38-34-26-23-20-17-14-11-8-5-2/h24,26-27,29-30,34,59H,4-23,25,28,31-33,35-58H2,1-3H3/b27-24-,30-29-,34-26-. The predicted octanol–water partition coefficient (Wildman–Crippen LogP) is 20.0. The molecule has 0 aliphatic carbocycles. The summed E-state index contributed by atoms with van der Waals surface area (Å²) in [6.45, 7) is 6.65. The number of allylic oxidation sites excluding steroid dienone is 6. The van der Waals surface area contributed by atoms with Crippen molar-refractivity contribution in [3.8, 4) is 0 Å². The van der Waals surface area contributed by atoms with E-state index in [1.54, 1.807) is 0 Å². The van der Waals surface area contributed by atoms with E-state index in [0.29, 0.717) is 19.3 Å². The van der Waals surface area contributed by atoms with Crippen molar-refractivity contribution >= 4 is 17.9 Å². The molecule has 0 N–H and O–H groups in total. The smallest absolute Gasteiger partial charge is 0.306 e. The number of hydrogen-bond donors (Lipinski definition) is 0. The molecule has 6 nitrogen and oxygen atoms in total. The Balaban J connectivity index is 4.32. The lowest BCUT2D eigenvalue weighted by atomic mass is 10.1. The molecule has 1 unspecified atom stereocenters. The molecule has 0 aromatic rings. The predicted molar refractivity (Wildman–Crippen MR) is 293 cm³/mol.